The van der Waals surface area contributed by atoms with E-state index in [9.17, 15) is 13.2 Å². The van der Waals surface area contributed by atoms with Gasteiger partial charge in [-0.15, -0.1) is 0 Å². The van der Waals surface area contributed by atoms with Crippen molar-refractivity contribution in [1.29, 1.82) is 0 Å². The molecular weight excluding hydrogens is 177 g/mol. The van der Waals surface area contributed by atoms with Crippen LogP contribution in [-0.2, 0) is 0 Å². The van der Waals surface area contributed by atoms with Crippen LogP contribution in [0.3, 0.4) is 0 Å². The first-order valence-corrected chi connectivity index (χ1v) is 3.35. The molecule has 2 nitrogen and oxygen atoms in total. The zero-order valence-corrected chi connectivity index (χ0v) is 6.72. The summed E-state index contributed by atoms with van der Waals surface area (Å²) < 4.78 is 34.9. The normalized spacial score (nSPS) is 14.2. The number of hydrogen-bond acceptors (Lipinski definition) is 1. The molecule has 0 aliphatic rings. The Morgan fingerprint density at radius 1 is 1.64 bits per heavy atom. The maximum atomic E-state index is 11.6. The lowest BCUT2D eigenvalue weighted by molar-refractivity contribution is -0.138. The second-order valence-corrected chi connectivity index (χ2v) is 2.67. The first-order chi connectivity index (χ1) is 4.81. The molecule has 0 aliphatic carbocycles. The Morgan fingerprint density at radius 3 is 2.36 bits per heavy atom. The van der Waals surface area contributed by atoms with E-state index < -0.39 is 18.6 Å². The smallest absolute Gasteiger partial charge is 0.376 e. The molecular formula is C5H9F3N2S. The molecule has 0 saturated carbocycles. The van der Waals surface area contributed by atoms with Gasteiger partial charge in [0.1, 0.15) is 0 Å². The van der Waals surface area contributed by atoms with E-state index in [2.05, 4.69) is 17.5 Å². The molecule has 6 heteroatoms. The maximum Gasteiger partial charge on any atom is 0.391 e. The van der Waals surface area contributed by atoms with Crippen molar-refractivity contribution in [2.24, 2.45) is 5.73 Å². The number of halogens is 3. The highest BCUT2D eigenvalue weighted by Gasteiger charge is 2.29. The highest BCUT2D eigenvalue weighted by Crippen LogP contribution is 2.20. The Bertz CT molecular complexity index is 145. The lowest BCUT2D eigenvalue weighted by atomic mass is 10.2. The van der Waals surface area contributed by atoms with Gasteiger partial charge in [0.25, 0.3) is 0 Å². The molecule has 0 bridgehead atoms. The second kappa shape index (κ2) is 3.75. The third-order valence-corrected chi connectivity index (χ3v) is 1.04. The van der Waals surface area contributed by atoms with Crippen molar-refractivity contribution in [3.05, 3.63) is 0 Å². The van der Waals surface area contributed by atoms with Crippen LogP contribution in [0.2, 0.25) is 0 Å². The van der Waals surface area contributed by atoms with Crippen LogP contribution in [0.1, 0.15) is 13.3 Å². The van der Waals surface area contributed by atoms with Gasteiger partial charge in [-0.1, -0.05) is 0 Å². The van der Waals surface area contributed by atoms with Crippen LogP contribution in [0, 0.1) is 0 Å². The minimum atomic E-state index is -4.17. The zero-order valence-electron chi connectivity index (χ0n) is 5.90. The summed E-state index contributed by atoms with van der Waals surface area (Å²) in [5.74, 6) is 0. The van der Waals surface area contributed by atoms with Crippen molar-refractivity contribution < 1.29 is 13.2 Å². The van der Waals surface area contributed by atoms with Crippen LogP contribution in [-0.4, -0.2) is 17.3 Å². The van der Waals surface area contributed by atoms with E-state index >= 15 is 0 Å². The van der Waals surface area contributed by atoms with Crippen molar-refractivity contribution in [2.75, 3.05) is 0 Å². The van der Waals surface area contributed by atoms with Gasteiger partial charge in [-0.25, -0.2) is 0 Å². The second-order valence-electron chi connectivity index (χ2n) is 2.23. The summed E-state index contributed by atoms with van der Waals surface area (Å²) in [4.78, 5) is 0. The third kappa shape index (κ3) is 7.38. The Labute approximate surface area is 67.9 Å². The quantitative estimate of drug-likeness (QED) is 0.635. The molecule has 0 aromatic rings. The van der Waals surface area contributed by atoms with E-state index in [0.29, 0.717) is 0 Å². The van der Waals surface area contributed by atoms with Crippen LogP contribution in [0.25, 0.3) is 0 Å². The van der Waals surface area contributed by atoms with E-state index in [1.165, 1.54) is 6.92 Å². The average Bonchev–Trinajstić information content (AvgIpc) is 1.53. The number of rotatable bonds is 2. The van der Waals surface area contributed by atoms with Crippen molar-refractivity contribution in [3.63, 3.8) is 0 Å². The molecule has 0 rings (SSSR count). The average molecular weight is 186 g/mol. The van der Waals surface area contributed by atoms with Crippen molar-refractivity contribution in [3.8, 4) is 0 Å². The summed E-state index contributed by atoms with van der Waals surface area (Å²) in [5, 5.41) is 2.18. The molecule has 66 valence electrons. The Morgan fingerprint density at radius 2 is 2.09 bits per heavy atom. The first kappa shape index (κ1) is 10.5. The van der Waals surface area contributed by atoms with Crippen LogP contribution in [0.15, 0.2) is 0 Å². The van der Waals surface area contributed by atoms with Crippen molar-refractivity contribution >= 4 is 17.3 Å². The number of hydrogen-bond donors (Lipinski definition) is 2. The molecule has 0 amide bonds. The summed E-state index contributed by atoms with van der Waals surface area (Å²) in [6.07, 6.45) is -5.10. The van der Waals surface area contributed by atoms with Gasteiger partial charge in [0.2, 0.25) is 0 Å². The van der Waals surface area contributed by atoms with Crippen LogP contribution < -0.4 is 11.1 Å². The van der Waals surface area contributed by atoms with E-state index in [-0.39, 0.29) is 5.11 Å². The molecule has 0 fully saturated rings. The monoisotopic (exact) mass is 186 g/mol. The summed E-state index contributed by atoms with van der Waals surface area (Å²) in [7, 11) is 0. The maximum absolute atomic E-state index is 11.6. The summed E-state index contributed by atoms with van der Waals surface area (Å²) in [6, 6.07) is -0.757. The Balaban J connectivity index is 3.69. The van der Waals surface area contributed by atoms with Gasteiger partial charge in [-0.2, -0.15) is 13.2 Å². The molecule has 0 aliphatic heterocycles. The van der Waals surface area contributed by atoms with Gasteiger partial charge >= 0.3 is 6.18 Å². The van der Waals surface area contributed by atoms with Crippen molar-refractivity contribution in [1.82, 2.24) is 5.32 Å². The summed E-state index contributed by atoms with van der Waals surface area (Å²) >= 11 is 4.36. The molecule has 1 atom stereocenters. The van der Waals surface area contributed by atoms with Gasteiger partial charge < -0.3 is 11.1 Å². The van der Waals surface area contributed by atoms with Crippen LogP contribution >= 0.6 is 12.2 Å². The predicted octanol–water partition coefficient (Wildman–Crippen LogP) is 1.16. The number of thiocarbonyl (C=S) groups is 1. The Hall–Kier alpha value is -0.520. The van der Waals surface area contributed by atoms with Crippen LogP contribution in [0.4, 0.5) is 13.2 Å². The molecule has 0 spiro atoms. The lowest BCUT2D eigenvalue weighted by Gasteiger charge is -2.14. The molecule has 0 heterocycles. The number of nitrogens with two attached hydrogens (primary N) is 1. The van der Waals surface area contributed by atoms with Gasteiger partial charge in [-0.05, 0) is 19.1 Å². The predicted molar refractivity (Wildman–Crippen MR) is 40.1 cm³/mol. The highest BCUT2D eigenvalue weighted by molar-refractivity contribution is 7.80. The summed E-state index contributed by atoms with van der Waals surface area (Å²) in [5.41, 5.74) is 4.97. The standard InChI is InChI=1S/C5H9F3N2S/c1-3(10-4(9)11)2-5(6,7)8/h3H,2H2,1H3,(H3,9,10,11). The van der Waals surface area contributed by atoms with Gasteiger partial charge in [0.05, 0.1) is 6.42 Å². The minimum absolute atomic E-state index is 0.109. The first-order valence-electron chi connectivity index (χ1n) is 2.94. The highest BCUT2D eigenvalue weighted by atomic mass is 32.1. The van der Waals surface area contributed by atoms with Gasteiger partial charge in [0, 0.05) is 6.04 Å². The molecule has 11 heavy (non-hydrogen) atoms. The third-order valence-electron chi connectivity index (χ3n) is 0.926. The molecule has 0 saturated heterocycles. The van der Waals surface area contributed by atoms with E-state index in [0.717, 1.165) is 0 Å². The SMILES string of the molecule is CC(CC(F)(F)F)NC(N)=S. The number of nitrogens with one attached hydrogen (secondary N) is 1. The topological polar surface area (TPSA) is 38.0 Å². The fourth-order valence-corrected chi connectivity index (χ4v) is 0.842. The molecule has 1 unspecified atom stereocenters. The largest absolute Gasteiger partial charge is 0.391 e. The number of alkyl halides is 3. The van der Waals surface area contributed by atoms with Gasteiger partial charge in [-0.3, -0.25) is 0 Å². The van der Waals surface area contributed by atoms with E-state index in [1.807, 2.05) is 0 Å². The molecule has 0 aromatic carbocycles. The fraction of sp³-hybridized carbons (Fsp3) is 0.800. The summed E-state index contributed by atoms with van der Waals surface area (Å²) in [6.45, 7) is 1.37. The fourth-order valence-electron chi connectivity index (χ4n) is 0.641. The Kier molecular flexibility index (Phi) is 3.57. The lowest BCUT2D eigenvalue weighted by Crippen LogP contribution is -2.39. The molecule has 3 N–H and O–H groups in total. The zero-order chi connectivity index (χ0) is 9.07. The van der Waals surface area contributed by atoms with E-state index in [4.69, 9.17) is 5.73 Å². The van der Waals surface area contributed by atoms with Gasteiger partial charge in [0.15, 0.2) is 5.11 Å². The van der Waals surface area contributed by atoms with Crippen molar-refractivity contribution in [2.45, 2.75) is 25.6 Å². The molecule has 0 aromatic heterocycles. The van der Waals surface area contributed by atoms with E-state index in [1.54, 1.807) is 0 Å². The minimum Gasteiger partial charge on any atom is -0.376 e. The molecule has 0 radical (unpaired) electrons. The van der Waals surface area contributed by atoms with Crippen LogP contribution in [0.5, 0.6) is 0 Å².